The van der Waals surface area contributed by atoms with Gasteiger partial charge in [0.2, 0.25) is 0 Å². The topological polar surface area (TPSA) is 29.4 Å². The summed E-state index contributed by atoms with van der Waals surface area (Å²) < 4.78 is 0. The summed E-state index contributed by atoms with van der Waals surface area (Å²) in [6, 6.07) is 0. The molecule has 0 amide bonds. The molecule has 0 atom stereocenters. The van der Waals surface area contributed by atoms with E-state index in [2.05, 4.69) is 4.99 Å². The smallest absolute Gasteiger partial charge is 0.129 e. The third kappa shape index (κ3) is 3.12. The minimum absolute atomic E-state index is 0.282. The molecule has 0 fully saturated rings. The van der Waals surface area contributed by atoms with Crippen molar-refractivity contribution in [2.45, 2.75) is 32.6 Å². The van der Waals surface area contributed by atoms with Crippen LogP contribution in [0.4, 0.5) is 0 Å². The van der Waals surface area contributed by atoms with E-state index in [4.69, 9.17) is 0 Å². The summed E-state index contributed by atoms with van der Waals surface area (Å²) >= 11 is 0. The van der Waals surface area contributed by atoms with Crippen LogP contribution in [-0.4, -0.2) is 12.0 Å². The Kier molecular flexibility index (Phi) is 3.02. The second kappa shape index (κ2) is 4.06. The predicted octanol–water partition coefficient (Wildman–Crippen LogP) is 2.10. The molecule has 0 spiro atoms. The number of ketones is 1. The number of rotatable bonds is 4. The Balaban J connectivity index is 2.09. The molecule has 0 aromatic carbocycles. The molecule has 2 nitrogen and oxygen atoms in total. The van der Waals surface area contributed by atoms with Gasteiger partial charge >= 0.3 is 0 Å². The Morgan fingerprint density at radius 2 is 2.55 bits per heavy atom. The average molecular weight is 151 g/mol. The quantitative estimate of drug-likeness (QED) is 0.605. The molecule has 1 rings (SSSR count). The van der Waals surface area contributed by atoms with Gasteiger partial charge in [0.1, 0.15) is 5.78 Å². The predicted molar refractivity (Wildman–Crippen MR) is 45.7 cm³/mol. The van der Waals surface area contributed by atoms with Crippen LogP contribution >= 0.6 is 0 Å². The van der Waals surface area contributed by atoms with E-state index in [9.17, 15) is 4.79 Å². The molecule has 0 saturated heterocycles. The molecule has 0 aliphatic carbocycles. The van der Waals surface area contributed by atoms with Crippen molar-refractivity contribution in [2.75, 3.05) is 0 Å². The van der Waals surface area contributed by atoms with Crippen LogP contribution in [0.15, 0.2) is 16.8 Å². The standard InChI is InChI=1S/C9H13NO/c1-8(11)3-2-4-9-5-6-10-7-9/h6-7H,2-5H2,1H3. The van der Waals surface area contributed by atoms with E-state index in [-0.39, 0.29) is 5.78 Å². The number of Topliss-reactive ketones (excluding diaryl/α,β-unsaturated/α-hetero) is 1. The molecule has 1 aliphatic heterocycles. The minimum atomic E-state index is 0.282. The number of carbonyl (C=O) groups is 1. The third-order valence-corrected chi connectivity index (χ3v) is 1.74. The summed E-state index contributed by atoms with van der Waals surface area (Å²) in [5.74, 6) is 0.282. The van der Waals surface area contributed by atoms with Gasteiger partial charge in [0, 0.05) is 25.3 Å². The fourth-order valence-corrected chi connectivity index (χ4v) is 1.11. The van der Waals surface area contributed by atoms with E-state index in [1.54, 1.807) is 6.92 Å². The van der Waals surface area contributed by atoms with E-state index in [1.165, 1.54) is 5.57 Å². The molecule has 2 heteroatoms. The zero-order valence-electron chi connectivity index (χ0n) is 6.84. The number of allylic oxidation sites excluding steroid dienone is 1. The van der Waals surface area contributed by atoms with E-state index in [1.807, 2.05) is 12.4 Å². The highest BCUT2D eigenvalue weighted by atomic mass is 16.1. The van der Waals surface area contributed by atoms with Crippen molar-refractivity contribution < 1.29 is 4.79 Å². The van der Waals surface area contributed by atoms with Crippen molar-refractivity contribution in [1.29, 1.82) is 0 Å². The molecule has 1 heterocycles. The largest absolute Gasteiger partial charge is 0.300 e. The Labute approximate surface area is 67.0 Å². The maximum Gasteiger partial charge on any atom is 0.129 e. The SMILES string of the molecule is CC(=O)CCCC1=CN=CC1. The summed E-state index contributed by atoms with van der Waals surface area (Å²) in [5.41, 5.74) is 1.35. The molecule has 0 saturated carbocycles. The maximum absolute atomic E-state index is 10.6. The molecule has 0 bridgehead atoms. The van der Waals surface area contributed by atoms with Crippen molar-refractivity contribution >= 4 is 12.0 Å². The summed E-state index contributed by atoms with van der Waals surface area (Å²) in [6.07, 6.45) is 7.50. The first-order valence-electron chi connectivity index (χ1n) is 3.98. The summed E-state index contributed by atoms with van der Waals surface area (Å²) in [7, 11) is 0. The third-order valence-electron chi connectivity index (χ3n) is 1.74. The molecule has 0 unspecified atom stereocenters. The van der Waals surface area contributed by atoms with E-state index in [0.717, 1.165) is 19.3 Å². The van der Waals surface area contributed by atoms with Crippen LogP contribution in [0.25, 0.3) is 0 Å². The van der Waals surface area contributed by atoms with Gasteiger partial charge in [0.25, 0.3) is 0 Å². The molecule has 0 aromatic rings. The van der Waals surface area contributed by atoms with Crippen LogP contribution in [0, 0.1) is 0 Å². The van der Waals surface area contributed by atoms with Crippen molar-refractivity contribution in [3.63, 3.8) is 0 Å². The first-order chi connectivity index (χ1) is 5.29. The Morgan fingerprint density at radius 3 is 3.09 bits per heavy atom. The van der Waals surface area contributed by atoms with E-state index >= 15 is 0 Å². The van der Waals surface area contributed by atoms with E-state index < -0.39 is 0 Å². The number of hydrogen-bond acceptors (Lipinski definition) is 2. The van der Waals surface area contributed by atoms with Gasteiger partial charge in [-0.05, 0) is 25.3 Å². The fraction of sp³-hybridized carbons (Fsp3) is 0.556. The zero-order valence-corrected chi connectivity index (χ0v) is 6.84. The summed E-state index contributed by atoms with van der Waals surface area (Å²) in [4.78, 5) is 14.6. The maximum atomic E-state index is 10.6. The second-order valence-corrected chi connectivity index (χ2v) is 2.88. The van der Waals surface area contributed by atoms with Gasteiger partial charge < -0.3 is 4.79 Å². The summed E-state index contributed by atoms with van der Waals surface area (Å²) in [6.45, 7) is 1.64. The van der Waals surface area contributed by atoms with Gasteiger partial charge in [-0.3, -0.25) is 4.99 Å². The average Bonchev–Trinajstić information content (AvgIpc) is 2.39. The molecule has 0 radical (unpaired) electrons. The number of hydrogen-bond donors (Lipinski definition) is 0. The van der Waals surface area contributed by atoms with E-state index in [0.29, 0.717) is 6.42 Å². The normalized spacial score (nSPS) is 15.2. The molecular weight excluding hydrogens is 138 g/mol. The molecule has 11 heavy (non-hydrogen) atoms. The second-order valence-electron chi connectivity index (χ2n) is 2.88. The lowest BCUT2D eigenvalue weighted by Gasteiger charge is -1.97. The minimum Gasteiger partial charge on any atom is -0.300 e. The number of aliphatic imine (C=N–C) groups is 1. The van der Waals surface area contributed by atoms with Crippen molar-refractivity contribution in [3.8, 4) is 0 Å². The summed E-state index contributed by atoms with van der Waals surface area (Å²) in [5, 5.41) is 0. The van der Waals surface area contributed by atoms with Gasteiger partial charge in [-0.1, -0.05) is 0 Å². The van der Waals surface area contributed by atoms with Crippen LogP contribution in [0.3, 0.4) is 0 Å². The fourth-order valence-electron chi connectivity index (χ4n) is 1.11. The highest BCUT2D eigenvalue weighted by molar-refractivity contribution is 5.75. The molecule has 0 N–H and O–H groups in total. The number of carbonyl (C=O) groups excluding carboxylic acids is 1. The van der Waals surface area contributed by atoms with Crippen molar-refractivity contribution in [3.05, 3.63) is 11.8 Å². The van der Waals surface area contributed by atoms with Gasteiger partial charge in [-0.25, -0.2) is 0 Å². The van der Waals surface area contributed by atoms with Gasteiger partial charge in [0.15, 0.2) is 0 Å². The first-order valence-corrected chi connectivity index (χ1v) is 3.98. The van der Waals surface area contributed by atoms with Crippen LogP contribution in [0.1, 0.15) is 32.6 Å². The highest BCUT2D eigenvalue weighted by Gasteiger charge is 2.00. The van der Waals surface area contributed by atoms with Gasteiger partial charge in [-0.15, -0.1) is 0 Å². The zero-order chi connectivity index (χ0) is 8.10. The molecule has 60 valence electrons. The molecule has 1 aliphatic rings. The molecule has 0 aromatic heterocycles. The monoisotopic (exact) mass is 151 g/mol. The van der Waals surface area contributed by atoms with Crippen LogP contribution < -0.4 is 0 Å². The Morgan fingerprint density at radius 1 is 1.73 bits per heavy atom. The van der Waals surface area contributed by atoms with Crippen molar-refractivity contribution in [2.24, 2.45) is 4.99 Å². The van der Waals surface area contributed by atoms with Crippen LogP contribution in [0.2, 0.25) is 0 Å². The van der Waals surface area contributed by atoms with Crippen LogP contribution in [0.5, 0.6) is 0 Å². The first kappa shape index (κ1) is 8.18. The Bertz CT molecular complexity index is 204. The lowest BCUT2D eigenvalue weighted by molar-refractivity contribution is -0.117. The van der Waals surface area contributed by atoms with Gasteiger partial charge in [0.05, 0.1) is 0 Å². The number of nitrogens with zero attached hydrogens (tertiary/aromatic N) is 1. The van der Waals surface area contributed by atoms with Gasteiger partial charge in [-0.2, -0.15) is 0 Å². The Hall–Kier alpha value is -0.920. The lowest BCUT2D eigenvalue weighted by atomic mass is 10.1. The lowest BCUT2D eigenvalue weighted by Crippen LogP contribution is -1.90. The highest BCUT2D eigenvalue weighted by Crippen LogP contribution is 2.14. The van der Waals surface area contributed by atoms with Crippen molar-refractivity contribution in [1.82, 2.24) is 0 Å². The molecular formula is C9H13NO. The van der Waals surface area contributed by atoms with Crippen LogP contribution in [-0.2, 0) is 4.79 Å².